The summed E-state index contributed by atoms with van der Waals surface area (Å²) in [5.41, 5.74) is 0.504. The lowest BCUT2D eigenvalue weighted by Gasteiger charge is -2.45. The van der Waals surface area contributed by atoms with Crippen LogP contribution < -0.4 is 14.8 Å². The molecule has 1 amide bonds. The van der Waals surface area contributed by atoms with Crippen molar-refractivity contribution in [1.29, 1.82) is 0 Å². The molecule has 1 aromatic carbocycles. The van der Waals surface area contributed by atoms with Gasteiger partial charge in [0.15, 0.2) is 0 Å². The zero-order valence-corrected chi connectivity index (χ0v) is 17.2. The van der Waals surface area contributed by atoms with E-state index in [2.05, 4.69) is 19.8 Å². The van der Waals surface area contributed by atoms with E-state index in [1.807, 2.05) is 0 Å². The highest BCUT2D eigenvalue weighted by Gasteiger charge is 2.34. The number of sulfonamides is 1. The number of fused-ring (bicyclic) bond motifs is 2. The van der Waals surface area contributed by atoms with Crippen molar-refractivity contribution in [3.05, 3.63) is 24.3 Å². The highest BCUT2D eigenvalue weighted by Crippen LogP contribution is 2.20. The predicted octanol–water partition coefficient (Wildman–Crippen LogP) is 0.0895. The number of nitrogens with one attached hydrogen (secondary N) is 2. The first kappa shape index (κ1) is 21.6. The zero-order chi connectivity index (χ0) is 20.9. The quantitative estimate of drug-likeness (QED) is 0.506. The average Bonchev–Trinajstić information content (AvgIpc) is 2.61. The number of amides is 1. The Hall–Kier alpha value is -2.08. The average molecular weight is 429 g/mol. The molecule has 11 heteroatoms. The number of nitrogens with zero attached hydrogens (tertiary/aromatic N) is 2. The molecule has 0 radical (unpaired) electrons. The minimum atomic E-state index is -3.28. The van der Waals surface area contributed by atoms with Crippen LogP contribution in [0.15, 0.2) is 24.3 Å². The van der Waals surface area contributed by atoms with Crippen molar-refractivity contribution in [2.45, 2.75) is 12.2 Å². The molecule has 2 bridgehead atoms. The molecule has 2 atom stereocenters. The maximum Gasteiger partial charge on any atom is 0.404 e. The fraction of sp³-hybridized carbons (Fsp3) is 0.611. The van der Waals surface area contributed by atoms with Crippen LogP contribution in [0.1, 0.15) is 0 Å². The third kappa shape index (κ3) is 7.35. The van der Waals surface area contributed by atoms with Crippen LogP contribution in [0.3, 0.4) is 0 Å². The van der Waals surface area contributed by atoms with Crippen molar-refractivity contribution >= 4 is 21.8 Å². The molecule has 0 spiro atoms. The van der Waals surface area contributed by atoms with E-state index < -0.39 is 16.1 Å². The fourth-order valence-electron chi connectivity index (χ4n) is 3.67. The van der Waals surface area contributed by atoms with Crippen LogP contribution in [-0.4, -0.2) is 100 Å². The van der Waals surface area contributed by atoms with Gasteiger partial charge in [0.1, 0.15) is 12.4 Å². The lowest BCUT2D eigenvalue weighted by atomic mass is 10.1. The summed E-state index contributed by atoms with van der Waals surface area (Å²) in [4.78, 5) is 15.1. The Kier molecular flexibility index (Phi) is 7.17. The highest BCUT2D eigenvalue weighted by molar-refractivity contribution is 7.92. The Labute approximate surface area is 170 Å². The first-order valence-corrected chi connectivity index (χ1v) is 11.4. The first-order chi connectivity index (χ1) is 13.8. The standard InChI is InChI=1S/C18H28N4O6S/c1-29(25,26)20-14-2-4-15(5-3-14)27-9-8-22-12-16-10-21(7-6-19-18(23)24)11-17(13-22)28-16/h2-5,16-17,19-20H,6-13H2,1H3,(H,23,24). The van der Waals surface area contributed by atoms with Gasteiger partial charge < -0.3 is 19.9 Å². The van der Waals surface area contributed by atoms with Crippen LogP contribution in [0.5, 0.6) is 5.75 Å². The van der Waals surface area contributed by atoms with Crippen molar-refractivity contribution in [3.8, 4) is 5.75 Å². The van der Waals surface area contributed by atoms with Gasteiger partial charge in [-0.05, 0) is 24.3 Å². The predicted molar refractivity (Wildman–Crippen MR) is 108 cm³/mol. The van der Waals surface area contributed by atoms with Crippen LogP contribution in [0, 0.1) is 0 Å². The smallest absolute Gasteiger partial charge is 0.404 e. The van der Waals surface area contributed by atoms with Gasteiger partial charge in [0.2, 0.25) is 10.0 Å². The molecule has 2 saturated heterocycles. The maximum atomic E-state index is 11.2. The number of hydrogen-bond donors (Lipinski definition) is 3. The summed E-state index contributed by atoms with van der Waals surface area (Å²) in [5.74, 6) is 0.689. The molecule has 2 heterocycles. The Morgan fingerprint density at radius 3 is 2.28 bits per heavy atom. The monoisotopic (exact) mass is 428 g/mol. The van der Waals surface area contributed by atoms with Gasteiger partial charge >= 0.3 is 6.09 Å². The van der Waals surface area contributed by atoms with Gasteiger partial charge in [-0.15, -0.1) is 0 Å². The van der Waals surface area contributed by atoms with E-state index in [0.717, 1.165) is 39.0 Å². The summed E-state index contributed by atoms with van der Waals surface area (Å²) < 4.78 is 36.7. The number of anilines is 1. The molecule has 10 nitrogen and oxygen atoms in total. The Morgan fingerprint density at radius 1 is 1.14 bits per heavy atom. The molecule has 3 rings (SSSR count). The fourth-order valence-corrected chi connectivity index (χ4v) is 4.24. The molecule has 1 aromatic rings. The molecule has 3 N–H and O–H groups in total. The Bertz CT molecular complexity index is 774. The summed E-state index contributed by atoms with van der Waals surface area (Å²) in [6, 6.07) is 6.82. The van der Waals surface area contributed by atoms with E-state index in [4.69, 9.17) is 14.6 Å². The first-order valence-electron chi connectivity index (χ1n) is 9.54. The van der Waals surface area contributed by atoms with Gasteiger partial charge in [0, 0.05) is 51.5 Å². The summed E-state index contributed by atoms with van der Waals surface area (Å²) in [6.07, 6.45) is 0.356. The molecule has 29 heavy (non-hydrogen) atoms. The van der Waals surface area contributed by atoms with Gasteiger partial charge in [0.05, 0.1) is 18.5 Å². The third-order valence-electron chi connectivity index (χ3n) is 4.77. The van der Waals surface area contributed by atoms with Crippen LogP contribution in [0.25, 0.3) is 0 Å². The number of ether oxygens (including phenoxy) is 2. The van der Waals surface area contributed by atoms with Gasteiger partial charge in [-0.3, -0.25) is 14.5 Å². The lowest BCUT2D eigenvalue weighted by Crippen LogP contribution is -2.60. The minimum Gasteiger partial charge on any atom is -0.492 e. The lowest BCUT2D eigenvalue weighted by molar-refractivity contribution is -0.138. The second kappa shape index (κ2) is 9.61. The molecule has 2 fully saturated rings. The normalized spacial score (nSPS) is 22.8. The van der Waals surface area contributed by atoms with Gasteiger partial charge in [0.25, 0.3) is 0 Å². The van der Waals surface area contributed by atoms with E-state index in [0.29, 0.717) is 31.1 Å². The SMILES string of the molecule is CS(=O)(=O)Nc1ccc(OCCN2CC3CN(CCNC(=O)O)CC(C2)O3)cc1. The number of rotatable bonds is 9. The van der Waals surface area contributed by atoms with Crippen molar-refractivity contribution in [2.75, 3.05) is 63.4 Å². The van der Waals surface area contributed by atoms with E-state index >= 15 is 0 Å². The second-order valence-corrected chi connectivity index (χ2v) is 9.13. The summed E-state index contributed by atoms with van der Waals surface area (Å²) in [5, 5.41) is 11.1. The molecular formula is C18H28N4O6S. The number of carbonyl (C=O) groups is 1. The molecule has 2 aliphatic rings. The van der Waals surface area contributed by atoms with Gasteiger partial charge in [-0.2, -0.15) is 0 Å². The molecule has 0 aliphatic carbocycles. The highest BCUT2D eigenvalue weighted by atomic mass is 32.2. The zero-order valence-electron chi connectivity index (χ0n) is 16.4. The van der Waals surface area contributed by atoms with E-state index in [-0.39, 0.29) is 12.2 Å². The van der Waals surface area contributed by atoms with Crippen LogP contribution in [0.2, 0.25) is 0 Å². The van der Waals surface area contributed by atoms with Crippen LogP contribution in [-0.2, 0) is 14.8 Å². The van der Waals surface area contributed by atoms with Crippen molar-refractivity contribution < 1.29 is 27.8 Å². The summed E-state index contributed by atoms with van der Waals surface area (Å²) >= 11 is 0. The minimum absolute atomic E-state index is 0.119. The van der Waals surface area contributed by atoms with E-state index in [1.165, 1.54) is 0 Å². The summed E-state index contributed by atoms with van der Waals surface area (Å²) in [6.45, 7) is 5.65. The topological polar surface area (TPSA) is 120 Å². The Balaban J connectivity index is 1.38. The molecule has 2 unspecified atom stereocenters. The molecule has 2 aliphatic heterocycles. The number of benzene rings is 1. The van der Waals surface area contributed by atoms with Crippen molar-refractivity contribution in [3.63, 3.8) is 0 Å². The largest absolute Gasteiger partial charge is 0.492 e. The van der Waals surface area contributed by atoms with Gasteiger partial charge in [-0.1, -0.05) is 0 Å². The van der Waals surface area contributed by atoms with Gasteiger partial charge in [-0.25, -0.2) is 13.2 Å². The van der Waals surface area contributed by atoms with E-state index in [9.17, 15) is 13.2 Å². The second-order valence-electron chi connectivity index (χ2n) is 7.38. The number of carboxylic acid groups (broad SMARTS) is 1. The molecule has 162 valence electrons. The molecule has 0 aromatic heterocycles. The number of morpholine rings is 2. The third-order valence-corrected chi connectivity index (χ3v) is 5.38. The van der Waals surface area contributed by atoms with E-state index in [1.54, 1.807) is 24.3 Å². The summed E-state index contributed by atoms with van der Waals surface area (Å²) in [7, 11) is -3.28. The molecule has 0 saturated carbocycles. The molecular weight excluding hydrogens is 400 g/mol. The van der Waals surface area contributed by atoms with Crippen LogP contribution in [0.4, 0.5) is 10.5 Å². The van der Waals surface area contributed by atoms with Crippen molar-refractivity contribution in [2.24, 2.45) is 0 Å². The number of hydrogen-bond acceptors (Lipinski definition) is 7. The van der Waals surface area contributed by atoms with Crippen molar-refractivity contribution in [1.82, 2.24) is 15.1 Å². The Morgan fingerprint density at radius 2 is 1.72 bits per heavy atom. The van der Waals surface area contributed by atoms with Crippen LogP contribution >= 0.6 is 0 Å². The maximum absolute atomic E-state index is 11.2.